The molecule has 0 aromatic carbocycles. The van der Waals surface area contributed by atoms with Gasteiger partial charge < -0.3 is 9.47 Å². The minimum absolute atomic E-state index is 0.243. The molecule has 1 aromatic heterocycles. The van der Waals surface area contributed by atoms with Crippen molar-refractivity contribution in [3.05, 3.63) is 11.9 Å². The molecule has 0 aliphatic heterocycles. The summed E-state index contributed by atoms with van der Waals surface area (Å²) in [6.07, 6.45) is 1.37. The van der Waals surface area contributed by atoms with E-state index in [1.54, 1.807) is 0 Å². The van der Waals surface area contributed by atoms with Gasteiger partial charge in [-0.3, -0.25) is 0 Å². The van der Waals surface area contributed by atoms with Gasteiger partial charge in [-0.05, 0) is 0 Å². The van der Waals surface area contributed by atoms with Crippen LogP contribution in [0, 0.1) is 0 Å². The molecule has 0 spiro atoms. The number of esters is 1. The Morgan fingerprint density at radius 1 is 1.67 bits per heavy atom. The van der Waals surface area contributed by atoms with Crippen LogP contribution in [0.2, 0.25) is 0 Å². The molecule has 0 saturated carbocycles. The van der Waals surface area contributed by atoms with E-state index in [-0.39, 0.29) is 12.3 Å². The van der Waals surface area contributed by atoms with E-state index in [0.29, 0.717) is 6.61 Å². The Bertz CT molecular complexity index is 237. The van der Waals surface area contributed by atoms with Crippen molar-refractivity contribution < 1.29 is 14.3 Å². The molecule has 12 heavy (non-hydrogen) atoms. The highest BCUT2D eigenvalue weighted by molar-refractivity contribution is 6.99. The molecule has 1 rings (SSSR count). The van der Waals surface area contributed by atoms with Crippen molar-refractivity contribution in [1.29, 1.82) is 0 Å². The van der Waals surface area contributed by atoms with E-state index in [9.17, 15) is 4.79 Å². The first kappa shape index (κ1) is 9.08. The number of hydrogen-bond acceptors (Lipinski definition) is 6. The molecule has 0 aliphatic rings. The second-order valence-electron chi connectivity index (χ2n) is 1.92. The molecule has 1 aromatic rings. The molecule has 0 radical (unpaired) electrons. The fraction of sp³-hybridized carbons (Fsp3) is 0.500. The second-order valence-corrected chi connectivity index (χ2v) is 2.48. The molecule has 0 unspecified atom stereocenters. The van der Waals surface area contributed by atoms with Crippen LogP contribution in [0.3, 0.4) is 0 Å². The number of aromatic nitrogens is 2. The summed E-state index contributed by atoms with van der Waals surface area (Å²) < 4.78 is 16.8. The molecule has 0 amide bonds. The lowest BCUT2D eigenvalue weighted by Crippen LogP contribution is -2.09. The van der Waals surface area contributed by atoms with Gasteiger partial charge >= 0.3 is 5.97 Å². The van der Waals surface area contributed by atoms with Gasteiger partial charge in [0, 0.05) is 7.11 Å². The van der Waals surface area contributed by atoms with Gasteiger partial charge in [0.25, 0.3) is 0 Å². The third-order valence-electron chi connectivity index (χ3n) is 1.09. The highest BCUT2D eigenvalue weighted by atomic mass is 32.1. The van der Waals surface area contributed by atoms with Crippen LogP contribution in [0.1, 0.15) is 10.5 Å². The van der Waals surface area contributed by atoms with Crippen molar-refractivity contribution in [2.75, 3.05) is 20.3 Å². The van der Waals surface area contributed by atoms with Crippen molar-refractivity contribution in [2.24, 2.45) is 0 Å². The summed E-state index contributed by atoms with van der Waals surface area (Å²) in [5.74, 6) is -0.458. The van der Waals surface area contributed by atoms with Crippen molar-refractivity contribution >= 4 is 17.7 Å². The standard InChI is InChI=1S/C6H8N2O3S/c1-10-2-3-11-6(9)5-4-7-12-8-5/h4H,2-3H2,1H3. The van der Waals surface area contributed by atoms with Gasteiger partial charge in [-0.25, -0.2) is 4.79 Å². The predicted octanol–water partition coefficient (Wildman–Crippen LogP) is 0.341. The summed E-state index contributed by atoms with van der Waals surface area (Å²) in [5, 5.41) is 0. The lowest BCUT2D eigenvalue weighted by atomic mass is 10.5. The van der Waals surface area contributed by atoms with E-state index in [1.165, 1.54) is 13.3 Å². The van der Waals surface area contributed by atoms with Crippen LogP contribution in [-0.4, -0.2) is 35.0 Å². The van der Waals surface area contributed by atoms with E-state index in [4.69, 9.17) is 9.47 Å². The molecular weight excluding hydrogens is 180 g/mol. The van der Waals surface area contributed by atoms with Gasteiger partial charge in [0.15, 0.2) is 5.69 Å². The maximum Gasteiger partial charge on any atom is 0.359 e. The average Bonchev–Trinajstić information content (AvgIpc) is 2.56. The molecule has 1 heterocycles. The summed E-state index contributed by atoms with van der Waals surface area (Å²) >= 11 is 0.975. The summed E-state index contributed by atoms with van der Waals surface area (Å²) in [6, 6.07) is 0. The summed E-state index contributed by atoms with van der Waals surface area (Å²) in [6.45, 7) is 0.635. The van der Waals surface area contributed by atoms with E-state index < -0.39 is 5.97 Å². The smallest absolute Gasteiger partial charge is 0.359 e. The molecule has 0 N–H and O–H groups in total. The SMILES string of the molecule is COCCOC(=O)c1cnsn1. The summed E-state index contributed by atoms with van der Waals surface area (Å²) in [7, 11) is 1.54. The Hall–Kier alpha value is -1.01. The molecular formula is C6H8N2O3S. The third-order valence-corrected chi connectivity index (χ3v) is 1.57. The molecule has 0 aliphatic carbocycles. The van der Waals surface area contributed by atoms with Crippen LogP contribution in [-0.2, 0) is 9.47 Å². The number of carbonyl (C=O) groups excluding carboxylic acids is 1. The Labute approximate surface area is 73.6 Å². The number of carbonyl (C=O) groups is 1. The first-order valence-corrected chi connectivity index (χ1v) is 4.01. The van der Waals surface area contributed by atoms with Crippen molar-refractivity contribution in [3.63, 3.8) is 0 Å². The first-order valence-electron chi connectivity index (χ1n) is 3.28. The van der Waals surface area contributed by atoms with Crippen LogP contribution in [0.5, 0.6) is 0 Å². The molecule has 6 heteroatoms. The Morgan fingerprint density at radius 2 is 2.50 bits per heavy atom. The number of hydrogen-bond donors (Lipinski definition) is 0. The van der Waals surface area contributed by atoms with Gasteiger partial charge in [0.1, 0.15) is 6.61 Å². The Kier molecular flexibility index (Phi) is 3.62. The molecule has 66 valence electrons. The van der Waals surface area contributed by atoms with E-state index >= 15 is 0 Å². The number of methoxy groups -OCH3 is 1. The first-order chi connectivity index (χ1) is 5.84. The maximum atomic E-state index is 11.0. The van der Waals surface area contributed by atoms with Crippen molar-refractivity contribution in [1.82, 2.24) is 8.75 Å². The van der Waals surface area contributed by atoms with Crippen molar-refractivity contribution in [2.45, 2.75) is 0 Å². The molecule has 5 nitrogen and oxygen atoms in total. The third kappa shape index (κ3) is 2.55. The van der Waals surface area contributed by atoms with Gasteiger partial charge in [-0.2, -0.15) is 8.75 Å². The van der Waals surface area contributed by atoms with Crippen LogP contribution < -0.4 is 0 Å². The Balaban J connectivity index is 2.30. The highest BCUT2D eigenvalue weighted by Gasteiger charge is 2.08. The average molecular weight is 188 g/mol. The highest BCUT2D eigenvalue weighted by Crippen LogP contribution is 1.97. The van der Waals surface area contributed by atoms with Gasteiger partial charge in [-0.15, -0.1) is 0 Å². The zero-order chi connectivity index (χ0) is 8.81. The van der Waals surface area contributed by atoms with E-state index in [1.807, 2.05) is 0 Å². The summed E-state index contributed by atoms with van der Waals surface area (Å²) in [4.78, 5) is 11.0. The van der Waals surface area contributed by atoms with Gasteiger partial charge in [-0.1, -0.05) is 0 Å². The lowest BCUT2D eigenvalue weighted by Gasteiger charge is -1.99. The monoisotopic (exact) mass is 188 g/mol. The minimum atomic E-state index is -0.458. The quantitative estimate of drug-likeness (QED) is 0.503. The number of rotatable bonds is 4. The van der Waals surface area contributed by atoms with Crippen LogP contribution in [0.4, 0.5) is 0 Å². The van der Waals surface area contributed by atoms with Crippen LogP contribution in [0.15, 0.2) is 6.20 Å². The zero-order valence-corrected chi connectivity index (χ0v) is 7.34. The molecule has 0 bridgehead atoms. The largest absolute Gasteiger partial charge is 0.458 e. The normalized spacial score (nSPS) is 9.75. The van der Waals surface area contributed by atoms with Gasteiger partial charge in [0.2, 0.25) is 0 Å². The fourth-order valence-corrected chi connectivity index (χ4v) is 0.950. The zero-order valence-electron chi connectivity index (χ0n) is 6.52. The predicted molar refractivity (Wildman–Crippen MR) is 42.1 cm³/mol. The summed E-state index contributed by atoms with van der Waals surface area (Å²) in [5.41, 5.74) is 0.246. The minimum Gasteiger partial charge on any atom is -0.458 e. The van der Waals surface area contributed by atoms with Crippen molar-refractivity contribution in [3.8, 4) is 0 Å². The topological polar surface area (TPSA) is 61.3 Å². The van der Waals surface area contributed by atoms with E-state index in [0.717, 1.165) is 11.7 Å². The number of ether oxygens (including phenoxy) is 2. The lowest BCUT2D eigenvalue weighted by molar-refractivity contribution is 0.0383. The van der Waals surface area contributed by atoms with Crippen LogP contribution in [0.25, 0.3) is 0 Å². The number of nitrogens with zero attached hydrogens (tertiary/aromatic N) is 2. The van der Waals surface area contributed by atoms with Gasteiger partial charge in [0.05, 0.1) is 24.5 Å². The fourth-order valence-electron chi connectivity index (χ4n) is 0.546. The second kappa shape index (κ2) is 4.78. The van der Waals surface area contributed by atoms with Crippen LogP contribution >= 0.6 is 11.7 Å². The molecule has 0 fully saturated rings. The molecule has 0 saturated heterocycles. The van der Waals surface area contributed by atoms with E-state index in [2.05, 4.69) is 8.75 Å². The Morgan fingerprint density at radius 3 is 3.08 bits per heavy atom. The maximum absolute atomic E-state index is 11.0. The molecule has 0 atom stereocenters.